The van der Waals surface area contributed by atoms with Crippen molar-refractivity contribution in [3.63, 3.8) is 0 Å². The molecule has 0 unspecified atom stereocenters. The van der Waals surface area contributed by atoms with Crippen molar-refractivity contribution in [3.8, 4) is 0 Å². The molecule has 34 heavy (non-hydrogen) atoms. The fourth-order valence-electron chi connectivity index (χ4n) is 4.99. The molecule has 3 rings (SSSR count). The van der Waals surface area contributed by atoms with Gasteiger partial charge in [0.2, 0.25) is 16.0 Å². The first-order valence-electron chi connectivity index (χ1n) is 13.0. The number of nitrogens with zero attached hydrogens (tertiary/aromatic N) is 4. The lowest BCUT2D eigenvalue weighted by atomic mass is 9.92. The van der Waals surface area contributed by atoms with Crippen molar-refractivity contribution >= 4 is 38.6 Å². The summed E-state index contributed by atoms with van der Waals surface area (Å²) >= 11 is 2.54. The van der Waals surface area contributed by atoms with Crippen LogP contribution in [0.3, 0.4) is 0 Å². The van der Waals surface area contributed by atoms with Crippen LogP contribution < -0.4 is 4.90 Å². The third-order valence-corrected chi connectivity index (χ3v) is 9.85. The minimum absolute atomic E-state index is 0.265. The van der Waals surface area contributed by atoms with Crippen molar-refractivity contribution < 1.29 is 13.2 Å². The smallest absolute Gasteiger partial charge is 0.225 e. The van der Waals surface area contributed by atoms with Crippen LogP contribution >= 0.6 is 22.6 Å². The minimum Gasteiger partial charge on any atom is -0.380 e. The number of alkyl halides is 1. The minimum atomic E-state index is -3.06. The van der Waals surface area contributed by atoms with E-state index in [0.717, 1.165) is 57.4 Å². The molecule has 1 atom stereocenters. The van der Waals surface area contributed by atoms with E-state index in [-0.39, 0.29) is 5.75 Å². The maximum atomic E-state index is 12.2. The predicted octanol–water partition coefficient (Wildman–Crippen LogP) is 4.55. The average Bonchev–Trinajstić information content (AvgIpc) is 2.80. The molecule has 0 saturated carbocycles. The van der Waals surface area contributed by atoms with Gasteiger partial charge in [-0.15, -0.1) is 0 Å². The quantitative estimate of drug-likeness (QED) is 0.257. The van der Waals surface area contributed by atoms with Crippen molar-refractivity contribution in [1.82, 2.24) is 14.3 Å². The van der Waals surface area contributed by atoms with Gasteiger partial charge in [-0.25, -0.2) is 22.7 Å². The van der Waals surface area contributed by atoms with Gasteiger partial charge in [-0.05, 0) is 68.3 Å². The third-order valence-electron chi connectivity index (χ3n) is 6.90. The molecule has 2 aliphatic rings. The Labute approximate surface area is 220 Å². The Bertz CT molecular complexity index is 821. The monoisotopic (exact) mass is 606 g/mol. The zero-order valence-electron chi connectivity index (χ0n) is 21.2. The van der Waals surface area contributed by atoms with Gasteiger partial charge in [-0.2, -0.15) is 0 Å². The molecule has 0 aromatic carbocycles. The van der Waals surface area contributed by atoms with Crippen molar-refractivity contribution in [1.29, 1.82) is 0 Å². The highest BCUT2D eigenvalue weighted by molar-refractivity contribution is 14.1. The maximum Gasteiger partial charge on any atom is 0.225 e. The summed E-state index contributed by atoms with van der Waals surface area (Å²) in [5, 5.41) is 0. The summed E-state index contributed by atoms with van der Waals surface area (Å²) in [4.78, 5) is 11.5. The summed E-state index contributed by atoms with van der Waals surface area (Å²) < 4.78 is 32.7. The number of hydrogen-bond donors (Lipinski definition) is 0. The molecule has 2 aliphatic heterocycles. The normalized spacial score (nSPS) is 20.2. The highest BCUT2D eigenvalue weighted by Gasteiger charge is 2.28. The zero-order chi connectivity index (χ0) is 24.6. The van der Waals surface area contributed by atoms with E-state index in [2.05, 4.69) is 51.3 Å². The zero-order valence-corrected chi connectivity index (χ0v) is 24.1. The lowest BCUT2D eigenvalue weighted by Gasteiger charge is -2.33. The first kappa shape index (κ1) is 28.1. The van der Waals surface area contributed by atoms with Crippen LogP contribution in [0.1, 0.15) is 64.9 Å². The van der Waals surface area contributed by atoms with E-state index in [0.29, 0.717) is 35.3 Å². The summed E-state index contributed by atoms with van der Waals surface area (Å²) in [5.74, 6) is 2.97. The summed E-state index contributed by atoms with van der Waals surface area (Å²) in [6.07, 6.45) is 11.1. The Hall–Kier alpha value is -0.520. The van der Waals surface area contributed by atoms with E-state index in [1.165, 1.54) is 24.8 Å². The van der Waals surface area contributed by atoms with Gasteiger partial charge in [0.05, 0.1) is 12.4 Å². The van der Waals surface area contributed by atoms with Gasteiger partial charge in [0.1, 0.15) is 0 Å². The Morgan fingerprint density at radius 1 is 1.06 bits per heavy atom. The fourth-order valence-corrected chi connectivity index (χ4v) is 7.50. The van der Waals surface area contributed by atoms with Crippen LogP contribution in [0.25, 0.3) is 0 Å². The molecule has 9 heteroatoms. The second kappa shape index (κ2) is 13.7. The molecule has 7 nitrogen and oxygen atoms in total. The molecule has 194 valence electrons. The lowest BCUT2D eigenvalue weighted by molar-refractivity contribution is 0.0790. The van der Waals surface area contributed by atoms with Gasteiger partial charge >= 0.3 is 0 Å². The lowest BCUT2D eigenvalue weighted by Crippen LogP contribution is -2.40. The van der Waals surface area contributed by atoms with Crippen LogP contribution in [-0.4, -0.2) is 71.8 Å². The number of piperidine rings is 2. The molecule has 0 N–H and O–H groups in total. The second-order valence-corrected chi connectivity index (χ2v) is 14.3. The van der Waals surface area contributed by atoms with Crippen LogP contribution in [0.2, 0.25) is 0 Å². The summed E-state index contributed by atoms with van der Waals surface area (Å²) in [6, 6.07) is 0. The van der Waals surface area contributed by atoms with E-state index in [9.17, 15) is 8.42 Å². The van der Waals surface area contributed by atoms with Crippen LogP contribution in [0, 0.1) is 17.8 Å². The summed E-state index contributed by atoms with van der Waals surface area (Å²) in [5.41, 5.74) is 1.22. The highest BCUT2D eigenvalue weighted by Crippen LogP contribution is 2.27. The van der Waals surface area contributed by atoms with Crippen LogP contribution in [-0.2, 0) is 21.2 Å². The fraction of sp³-hybridized carbons (Fsp3) is 0.840. The molecule has 0 radical (unpaired) electrons. The molecule has 0 aliphatic carbocycles. The van der Waals surface area contributed by atoms with E-state index in [1.807, 2.05) is 19.3 Å². The highest BCUT2D eigenvalue weighted by atomic mass is 127. The molecule has 1 aromatic rings. The van der Waals surface area contributed by atoms with Crippen molar-refractivity contribution in [2.75, 3.05) is 50.0 Å². The van der Waals surface area contributed by atoms with E-state index >= 15 is 0 Å². The molecular weight excluding hydrogens is 563 g/mol. The largest absolute Gasteiger partial charge is 0.380 e. The Balaban J connectivity index is 1.30. The molecule has 3 heterocycles. The predicted molar refractivity (Wildman–Crippen MR) is 147 cm³/mol. The summed E-state index contributed by atoms with van der Waals surface area (Å²) in [7, 11) is -3.06. The molecule has 2 saturated heterocycles. The second-order valence-electron chi connectivity index (χ2n) is 10.4. The maximum absolute atomic E-state index is 12.2. The average molecular weight is 607 g/mol. The molecule has 0 spiro atoms. The van der Waals surface area contributed by atoms with Gasteiger partial charge in [-0.3, -0.25) is 0 Å². The Morgan fingerprint density at radius 2 is 1.68 bits per heavy atom. The SMILES string of the molecule is CCCS(=O)(=O)N1CCC(COC[C@H](I)CC2CCN(c3ncc(CC(C)C)cn3)CC2)CC1. The Kier molecular flexibility index (Phi) is 11.3. The van der Waals surface area contributed by atoms with Gasteiger partial charge in [0.15, 0.2) is 0 Å². The van der Waals surface area contributed by atoms with Gasteiger partial charge < -0.3 is 9.64 Å². The Morgan fingerprint density at radius 3 is 2.26 bits per heavy atom. The number of sulfonamides is 1. The van der Waals surface area contributed by atoms with Gasteiger partial charge in [0.25, 0.3) is 0 Å². The summed E-state index contributed by atoms with van der Waals surface area (Å²) in [6.45, 7) is 11.2. The first-order valence-corrected chi connectivity index (χ1v) is 15.9. The van der Waals surface area contributed by atoms with Crippen LogP contribution in [0.5, 0.6) is 0 Å². The molecule has 0 bridgehead atoms. The molecular formula is C25H43IN4O3S. The van der Waals surface area contributed by atoms with Crippen LogP contribution in [0.4, 0.5) is 5.95 Å². The molecule has 1 aromatic heterocycles. The van der Waals surface area contributed by atoms with E-state index in [4.69, 9.17) is 4.74 Å². The number of rotatable bonds is 12. The van der Waals surface area contributed by atoms with Gasteiger partial charge in [-0.1, -0.05) is 43.4 Å². The van der Waals surface area contributed by atoms with Crippen molar-refractivity contribution in [2.45, 2.75) is 69.6 Å². The number of halogens is 1. The third kappa shape index (κ3) is 8.85. The number of aromatic nitrogens is 2. The molecule has 2 fully saturated rings. The van der Waals surface area contributed by atoms with Gasteiger partial charge in [0, 0.05) is 49.1 Å². The molecule has 0 amide bonds. The number of anilines is 1. The van der Waals surface area contributed by atoms with E-state index in [1.54, 1.807) is 4.31 Å². The van der Waals surface area contributed by atoms with E-state index < -0.39 is 10.0 Å². The number of ether oxygens (including phenoxy) is 1. The standard InChI is InChI=1S/C25H43IN4O3S/c1-4-13-34(31,32)30-11-7-22(8-12-30)18-33-19-24(26)15-21-5-9-29(10-6-21)25-27-16-23(17-28-25)14-20(2)3/h16-17,20-22,24H,4-15,18-19H2,1-3H3/t24-/m1/s1. The first-order chi connectivity index (χ1) is 16.3. The topological polar surface area (TPSA) is 75.6 Å². The number of hydrogen-bond acceptors (Lipinski definition) is 6. The van der Waals surface area contributed by atoms with Crippen LogP contribution in [0.15, 0.2) is 12.4 Å². The van der Waals surface area contributed by atoms with Crippen molar-refractivity contribution in [2.24, 2.45) is 17.8 Å². The van der Waals surface area contributed by atoms with Crippen molar-refractivity contribution in [3.05, 3.63) is 18.0 Å².